The largest absolute Gasteiger partial charge is 0.339 e. The smallest absolute Gasteiger partial charge is 0.253 e. The molecule has 2 saturated heterocycles. The number of carbonyl (C=O) groups is 3. The second-order valence-electron chi connectivity index (χ2n) is 8.39. The van der Waals surface area contributed by atoms with E-state index in [9.17, 15) is 14.4 Å². The van der Waals surface area contributed by atoms with Crippen molar-refractivity contribution in [3.8, 4) is 0 Å². The standard InChI is InChI=1S/C26H25N3O3/c30-24-17-21(18-29(24)23-12-6-10-19-7-4-5-11-22(19)23)26(32)28-15-13-27(14-16-28)25(31)20-8-2-1-3-9-20/h1-12,21H,13-18H2. The lowest BCUT2D eigenvalue weighted by atomic mass is 10.1. The number of anilines is 1. The highest BCUT2D eigenvalue weighted by Crippen LogP contribution is 2.32. The molecule has 6 heteroatoms. The van der Waals surface area contributed by atoms with Crippen molar-refractivity contribution in [2.75, 3.05) is 37.6 Å². The summed E-state index contributed by atoms with van der Waals surface area (Å²) < 4.78 is 0. The molecule has 0 saturated carbocycles. The summed E-state index contributed by atoms with van der Waals surface area (Å²) in [6.07, 6.45) is 0.227. The maximum atomic E-state index is 13.2. The summed E-state index contributed by atoms with van der Waals surface area (Å²) in [7, 11) is 0. The highest BCUT2D eigenvalue weighted by molar-refractivity contribution is 6.07. The topological polar surface area (TPSA) is 60.9 Å². The Labute approximate surface area is 187 Å². The molecule has 162 valence electrons. The fourth-order valence-electron chi connectivity index (χ4n) is 4.70. The first-order valence-corrected chi connectivity index (χ1v) is 11.0. The molecule has 2 aliphatic rings. The summed E-state index contributed by atoms with van der Waals surface area (Å²) >= 11 is 0. The molecule has 0 aliphatic carbocycles. The molecule has 1 atom stereocenters. The Morgan fingerprint density at radius 2 is 1.41 bits per heavy atom. The fourth-order valence-corrected chi connectivity index (χ4v) is 4.70. The minimum absolute atomic E-state index is 0.00382. The number of benzene rings is 3. The number of fused-ring (bicyclic) bond motifs is 1. The second kappa shape index (κ2) is 8.46. The summed E-state index contributed by atoms with van der Waals surface area (Å²) in [5, 5.41) is 2.09. The lowest BCUT2D eigenvalue weighted by Gasteiger charge is -2.36. The van der Waals surface area contributed by atoms with Crippen LogP contribution in [0.25, 0.3) is 10.8 Å². The Morgan fingerprint density at radius 3 is 2.19 bits per heavy atom. The Morgan fingerprint density at radius 1 is 0.750 bits per heavy atom. The summed E-state index contributed by atoms with van der Waals surface area (Å²) in [5.41, 5.74) is 1.53. The molecular formula is C26H25N3O3. The zero-order chi connectivity index (χ0) is 22.1. The second-order valence-corrected chi connectivity index (χ2v) is 8.39. The van der Waals surface area contributed by atoms with Gasteiger partial charge in [0, 0.05) is 50.1 Å². The third kappa shape index (κ3) is 3.73. The molecule has 1 unspecified atom stereocenters. The third-order valence-electron chi connectivity index (χ3n) is 6.43. The molecule has 3 aromatic carbocycles. The Kier molecular flexibility index (Phi) is 5.35. The van der Waals surface area contributed by atoms with E-state index in [1.165, 1.54) is 0 Å². The van der Waals surface area contributed by atoms with Gasteiger partial charge in [-0.15, -0.1) is 0 Å². The van der Waals surface area contributed by atoms with Gasteiger partial charge in [-0.3, -0.25) is 14.4 Å². The van der Waals surface area contributed by atoms with Crippen LogP contribution in [0.15, 0.2) is 72.8 Å². The summed E-state index contributed by atoms with van der Waals surface area (Å²) in [5.74, 6) is -0.362. The van der Waals surface area contributed by atoms with Crippen molar-refractivity contribution in [2.45, 2.75) is 6.42 Å². The van der Waals surface area contributed by atoms with E-state index < -0.39 is 0 Å². The maximum absolute atomic E-state index is 13.2. The van der Waals surface area contributed by atoms with Gasteiger partial charge < -0.3 is 14.7 Å². The first-order valence-electron chi connectivity index (χ1n) is 11.0. The van der Waals surface area contributed by atoms with Gasteiger partial charge in [0.25, 0.3) is 5.91 Å². The molecule has 0 N–H and O–H groups in total. The average molecular weight is 428 g/mol. The first-order chi connectivity index (χ1) is 15.6. The lowest BCUT2D eigenvalue weighted by molar-refractivity contribution is -0.137. The fraction of sp³-hybridized carbons (Fsp3) is 0.269. The van der Waals surface area contributed by atoms with Crippen LogP contribution in [0, 0.1) is 5.92 Å². The Balaban J connectivity index is 1.24. The van der Waals surface area contributed by atoms with Crippen LogP contribution in [0.4, 0.5) is 5.69 Å². The molecule has 6 nitrogen and oxygen atoms in total. The van der Waals surface area contributed by atoms with Crippen LogP contribution in [0.2, 0.25) is 0 Å². The van der Waals surface area contributed by atoms with Gasteiger partial charge in [-0.25, -0.2) is 0 Å². The summed E-state index contributed by atoms with van der Waals surface area (Å²) in [6.45, 7) is 2.40. The van der Waals surface area contributed by atoms with E-state index in [1.54, 1.807) is 14.7 Å². The van der Waals surface area contributed by atoms with Crippen LogP contribution in [-0.4, -0.2) is 60.2 Å². The molecule has 0 spiro atoms. The van der Waals surface area contributed by atoms with Gasteiger partial charge in [-0.1, -0.05) is 54.6 Å². The van der Waals surface area contributed by atoms with Gasteiger partial charge >= 0.3 is 0 Å². The van der Waals surface area contributed by atoms with Crippen molar-refractivity contribution in [1.82, 2.24) is 9.80 Å². The van der Waals surface area contributed by atoms with Gasteiger partial charge in [0.2, 0.25) is 11.8 Å². The maximum Gasteiger partial charge on any atom is 0.253 e. The SMILES string of the molecule is O=C(c1ccccc1)N1CCN(C(=O)C2CC(=O)N(c3cccc4ccccc34)C2)CC1. The van der Waals surface area contributed by atoms with Gasteiger partial charge in [0.05, 0.1) is 11.6 Å². The number of hydrogen-bond acceptors (Lipinski definition) is 3. The number of hydrogen-bond donors (Lipinski definition) is 0. The Hall–Kier alpha value is -3.67. The van der Waals surface area contributed by atoms with Crippen molar-refractivity contribution in [3.63, 3.8) is 0 Å². The quantitative estimate of drug-likeness (QED) is 0.645. The normalized spacial score (nSPS) is 18.9. The first kappa shape index (κ1) is 20.2. The predicted molar refractivity (Wildman–Crippen MR) is 123 cm³/mol. The molecule has 0 bridgehead atoms. The van der Waals surface area contributed by atoms with Crippen molar-refractivity contribution in [2.24, 2.45) is 5.92 Å². The van der Waals surface area contributed by atoms with E-state index in [-0.39, 0.29) is 30.1 Å². The molecular weight excluding hydrogens is 402 g/mol. The van der Waals surface area contributed by atoms with Gasteiger partial charge in [0.15, 0.2) is 0 Å². The molecule has 0 aromatic heterocycles. The molecule has 32 heavy (non-hydrogen) atoms. The van der Waals surface area contributed by atoms with E-state index >= 15 is 0 Å². The third-order valence-corrected chi connectivity index (χ3v) is 6.43. The zero-order valence-corrected chi connectivity index (χ0v) is 17.8. The van der Waals surface area contributed by atoms with Crippen LogP contribution >= 0.6 is 0 Å². The van der Waals surface area contributed by atoms with Crippen molar-refractivity contribution >= 4 is 34.2 Å². The van der Waals surface area contributed by atoms with E-state index in [0.717, 1.165) is 16.5 Å². The van der Waals surface area contributed by atoms with Crippen molar-refractivity contribution in [1.29, 1.82) is 0 Å². The van der Waals surface area contributed by atoms with E-state index in [1.807, 2.05) is 72.8 Å². The van der Waals surface area contributed by atoms with Crippen molar-refractivity contribution < 1.29 is 14.4 Å². The van der Waals surface area contributed by atoms with Gasteiger partial charge in [-0.2, -0.15) is 0 Å². The van der Waals surface area contributed by atoms with E-state index in [4.69, 9.17) is 0 Å². The molecule has 3 amide bonds. The average Bonchev–Trinajstić information content (AvgIpc) is 3.24. The van der Waals surface area contributed by atoms with Crippen LogP contribution in [-0.2, 0) is 9.59 Å². The van der Waals surface area contributed by atoms with E-state index in [0.29, 0.717) is 38.3 Å². The number of amides is 3. The highest BCUT2D eigenvalue weighted by atomic mass is 16.2. The Bertz CT molecular complexity index is 1160. The molecule has 2 aliphatic heterocycles. The predicted octanol–water partition coefficient (Wildman–Crippen LogP) is 3.18. The number of carbonyl (C=O) groups excluding carboxylic acids is 3. The molecule has 2 heterocycles. The molecule has 5 rings (SSSR count). The van der Waals surface area contributed by atoms with Crippen LogP contribution in [0.1, 0.15) is 16.8 Å². The zero-order valence-electron chi connectivity index (χ0n) is 17.8. The molecule has 3 aromatic rings. The van der Waals surface area contributed by atoms with Crippen molar-refractivity contribution in [3.05, 3.63) is 78.4 Å². The summed E-state index contributed by atoms with van der Waals surface area (Å²) in [6, 6.07) is 23.1. The lowest BCUT2D eigenvalue weighted by Crippen LogP contribution is -2.52. The molecule has 0 radical (unpaired) electrons. The highest BCUT2D eigenvalue weighted by Gasteiger charge is 2.38. The number of piperazine rings is 1. The minimum atomic E-state index is -0.349. The molecule has 2 fully saturated rings. The van der Waals surface area contributed by atoms with Gasteiger partial charge in [-0.05, 0) is 23.6 Å². The van der Waals surface area contributed by atoms with Crippen LogP contribution in [0.3, 0.4) is 0 Å². The van der Waals surface area contributed by atoms with E-state index in [2.05, 4.69) is 0 Å². The minimum Gasteiger partial charge on any atom is -0.339 e. The van der Waals surface area contributed by atoms with Crippen LogP contribution in [0.5, 0.6) is 0 Å². The van der Waals surface area contributed by atoms with Crippen LogP contribution < -0.4 is 4.90 Å². The van der Waals surface area contributed by atoms with Gasteiger partial charge in [0.1, 0.15) is 0 Å². The number of nitrogens with zero attached hydrogens (tertiary/aromatic N) is 3. The summed E-state index contributed by atoms with van der Waals surface area (Å²) in [4.78, 5) is 44.0. The number of rotatable bonds is 3. The monoisotopic (exact) mass is 427 g/mol.